The lowest BCUT2D eigenvalue weighted by Crippen LogP contribution is -2.41. The average molecular weight is 344 g/mol. The maximum absolute atomic E-state index is 3.79. The van der Waals surface area contributed by atoms with Crippen LogP contribution in [0.4, 0.5) is 0 Å². The van der Waals surface area contributed by atoms with E-state index in [4.69, 9.17) is 0 Å². The molecule has 1 saturated carbocycles. The van der Waals surface area contributed by atoms with Gasteiger partial charge in [-0.25, -0.2) is 0 Å². The van der Waals surface area contributed by atoms with Crippen molar-refractivity contribution in [2.45, 2.75) is 58.4 Å². The third-order valence-corrected chi connectivity index (χ3v) is 6.41. The zero-order valence-electron chi connectivity index (χ0n) is 12.1. The quantitative estimate of drug-likeness (QED) is 0.743. The Kier molecular flexibility index (Phi) is 6.37. The summed E-state index contributed by atoms with van der Waals surface area (Å²) in [5, 5.41) is 5.99. The van der Waals surface area contributed by atoms with Crippen LogP contribution in [0.2, 0.25) is 0 Å². The second-order valence-corrected chi connectivity index (χ2v) is 7.66. The average Bonchev–Trinajstić information content (AvgIpc) is 2.83. The second kappa shape index (κ2) is 7.80. The Morgan fingerprint density at radius 1 is 1.37 bits per heavy atom. The molecule has 1 heterocycles. The van der Waals surface area contributed by atoms with Crippen LogP contribution in [-0.2, 0) is 6.42 Å². The SMILES string of the molecule is CCCNC1CCC(CC)CC1Cc1sccc1Br. The van der Waals surface area contributed by atoms with Crippen molar-refractivity contribution in [3.05, 3.63) is 20.8 Å². The molecule has 1 fully saturated rings. The predicted octanol–water partition coefficient (Wildman–Crippen LogP) is 5.25. The molecule has 2 rings (SSSR count). The van der Waals surface area contributed by atoms with Crippen LogP contribution in [0.15, 0.2) is 15.9 Å². The Bertz CT molecular complexity index is 377. The van der Waals surface area contributed by atoms with Crippen LogP contribution in [0.5, 0.6) is 0 Å². The van der Waals surface area contributed by atoms with Crippen LogP contribution in [0.1, 0.15) is 50.8 Å². The van der Waals surface area contributed by atoms with E-state index < -0.39 is 0 Å². The molecule has 0 aromatic carbocycles. The molecule has 1 aliphatic carbocycles. The van der Waals surface area contributed by atoms with Crippen molar-refractivity contribution < 1.29 is 0 Å². The zero-order chi connectivity index (χ0) is 13.7. The Labute approximate surface area is 130 Å². The highest BCUT2D eigenvalue weighted by molar-refractivity contribution is 9.10. The summed E-state index contributed by atoms with van der Waals surface area (Å²) in [5.74, 6) is 1.77. The number of thiophene rings is 1. The van der Waals surface area contributed by atoms with Crippen LogP contribution in [0, 0.1) is 11.8 Å². The minimum absolute atomic E-state index is 0.733. The van der Waals surface area contributed by atoms with Gasteiger partial charge in [0, 0.05) is 15.4 Å². The van der Waals surface area contributed by atoms with Crippen LogP contribution >= 0.6 is 27.3 Å². The normalized spacial score (nSPS) is 27.6. The van der Waals surface area contributed by atoms with Gasteiger partial charge in [-0.15, -0.1) is 11.3 Å². The number of hydrogen-bond acceptors (Lipinski definition) is 2. The molecule has 0 spiro atoms. The molecule has 3 heteroatoms. The maximum atomic E-state index is 3.79. The summed E-state index contributed by atoms with van der Waals surface area (Å²) in [6, 6.07) is 2.92. The number of rotatable bonds is 6. The lowest BCUT2D eigenvalue weighted by Gasteiger charge is -2.36. The first-order valence-electron chi connectivity index (χ1n) is 7.69. The summed E-state index contributed by atoms with van der Waals surface area (Å²) < 4.78 is 1.31. The van der Waals surface area contributed by atoms with Gasteiger partial charge in [0.2, 0.25) is 0 Å². The van der Waals surface area contributed by atoms with Crippen molar-refractivity contribution in [2.24, 2.45) is 11.8 Å². The summed E-state index contributed by atoms with van der Waals surface area (Å²) in [4.78, 5) is 1.53. The molecular weight excluding hydrogens is 318 g/mol. The molecule has 3 unspecified atom stereocenters. The summed E-state index contributed by atoms with van der Waals surface area (Å²) in [6.07, 6.45) is 8.02. The first-order chi connectivity index (χ1) is 9.24. The third-order valence-electron chi connectivity index (χ3n) is 4.46. The standard InChI is InChI=1S/C16H26BrNS/c1-3-8-18-15-6-5-12(4-2)10-13(15)11-16-14(17)7-9-19-16/h7,9,12-13,15,18H,3-6,8,10-11H2,1-2H3. The molecular formula is C16H26BrNS. The van der Waals surface area contributed by atoms with Crippen LogP contribution in [0.25, 0.3) is 0 Å². The van der Waals surface area contributed by atoms with Gasteiger partial charge in [0.25, 0.3) is 0 Å². The van der Waals surface area contributed by atoms with E-state index in [-0.39, 0.29) is 0 Å². The van der Waals surface area contributed by atoms with E-state index in [1.54, 1.807) is 0 Å². The molecule has 1 N–H and O–H groups in total. The van der Waals surface area contributed by atoms with Gasteiger partial charge in [-0.1, -0.05) is 20.3 Å². The molecule has 19 heavy (non-hydrogen) atoms. The lowest BCUT2D eigenvalue weighted by atomic mass is 9.75. The Hall–Kier alpha value is 0.140. The summed E-state index contributed by atoms with van der Waals surface area (Å²) in [5.41, 5.74) is 0. The van der Waals surface area contributed by atoms with Crippen molar-refractivity contribution in [2.75, 3.05) is 6.54 Å². The largest absolute Gasteiger partial charge is 0.314 e. The third kappa shape index (κ3) is 4.30. The summed E-state index contributed by atoms with van der Waals surface area (Å²) in [7, 11) is 0. The van der Waals surface area contributed by atoms with Gasteiger partial charge in [-0.05, 0) is 77.9 Å². The van der Waals surface area contributed by atoms with E-state index in [2.05, 4.69) is 46.5 Å². The molecule has 0 amide bonds. The Morgan fingerprint density at radius 3 is 2.84 bits per heavy atom. The number of hydrogen-bond donors (Lipinski definition) is 1. The number of nitrogens with one attached hydrogen (secondary N) is 1. The van der Waals surface area contributed by atoms with E-state index in [0.717, 1.165) is 17.9 Å². The first kappa shape index (κ1) is 15.5. The van der Waals surface area contributed by atoms with Gasteiger partial charge in [0.05, 0.1) is 0 Å². The first-order valence-corrected chi connectivity index (χ1v) is 9.37. The van der Waals surface area contributed by atoms with E-state index in [9.17, 15) is 0 Å². The van der Waals surface area contributed by atoms with Gasteiger partial charge in [0.15, 0.2) is 0 Å². The Morgan fingerprint density at radius 2 is 2.21 bits per heavy atom. The molecule has 0 saturated heterocycles. The Balaban J connectivity index is 2.00. The van der Waals surface area contributed by atoms with Crippen molar-refractivity contribution >= 4 is 27.3 Å². The lowest BCUT2D eigenvalue weighted by molar-refractivity contribution is 0.199. The molecule has 1 aromatic heterocycles. The van der Waals surface area contributed by atoms with E-state index in [0.29, 0.717) is 0 Å². The van der Waals surface area contributed by atoms with Crippen molar-refractivity contribution in [1.29, 1.82) is 0 Å². The van der Waals surface area contributed by atoms with Crippen LogP contribution < -0.4 is 5.32 Å². The maximum Gasteiger partial charge on any atom is 0.0314 e. The van der Waals surface area contributed by atoms with Gasteiger partial charge in [-0.3, -0.25) is 0 Å². The fourth-order valence-corrected chi connectivity index (χ4v) is 4.87. The van der Waals surface area contributed by atoms with Gasteiger partial charge < -0.3 is 5.32 Å². The van der Waals surface area contributed by atoms with Crippen LogP contribution in [0.3, 0.4) is 0 Å². The van der Waals surface area contributed by atoms with E-state index in [1.807, 2.05) is 11.3 Å². The zero-order valence-corrected chi connectivity index (χ0v) is 14.5. The highest BCUT2D eigenvalue weighted by atomic mass is 79.9. The molecule has 0 bridgehead atoms. The number of halogens is 1. The second-order valence-electron chi connectivity index (χ2n) is 5.80. The van der Waals surface area contributed by atoms with Crippen molar-refractivity contribution in [3.8, 4) is 0 Å². The molecule has 1 nitrogen and oxygen atoms in total. The summed E-state index contributed by atoms with van der Waals surface area (Å²) in [6.45, 7) is 5.78. The minimum atomic E-state index is 0.733. The van der Waals surface area contributed by atoms with Crippen molar-refractivity contribution in [3.63, 3.8) is 0 Å². The minimum Gasteiger partial charge on any atom is -0.314 e. The molecule has 108 valence electrons. The van der Waals surface area contributed by atoms with Gasteiger partial charge >= 0.3 is 0 Å². The predicted molar refractivity (Wildman–Crippen MR) is 88.9 cm³/mol. The monoisotopic (exact) mass is 343 g/mol. The van der Waals surface area contributed by atoms with Crippen LogP contribution in [-0.4, -0.2) is 12.6 Å². The highest BCUT2D eigenvalue weighted by Crippen LogP contribution is 2.36. The fourth-order valence-electron chi connectivity index (χ4n) is 3.26. The van der Waals surface area contributed by atoms with Crippen molar-refractivity contribution in [1.82, 2.24) is 5.32 Å². The summed E-state index contributed by atoms with van der Waals surface area (Å²) >= 11 is 5.59. The molecule has 1 aliphatic rings. The fraction of sp³-hybridized carbons (Fsp3) is 0.750. The molecule has 0 radical (unpaired) electrons. The molecule has 1 aromatic rings. The van der Waals surface area contributed by atoms with Gasteiger partial charge in [-0.2, -0.15) is 0 Å². The van der Waals surface area contributed by atoms with Gasteiger partial charge in [0.1, 0.15) is 0 Å². The highest BCUT2D eigenvalue weighted by Gasteiger charge is 2.29. The molecule has 0 aliphatic heterocycles. The van der Waals surface area contributed by atoms with E-state index >= 15 is 0 Å². The van der Waals surface area contributed by atoms with E-state index in [1.165, 1.54) is 54.4 Å². The topological polar surface area (TPSA) is 12.0 Å². The smallest absolute Gasteiger partial charge is 0.0314 e. The molecule has 3 atom stereocenters.